The molecule has 2 fully saturated rings. The fraction of sp³-hybridized carbons (Fsp3) is 0.304. The van der Waals surface area contributed by atoms with E-state index in [1.807, 2.05) is 30.3 Å². The van der Waals surface area contributed by atoms with Gasteiger partial charge in [-0.15, -0.1) is 5.10 Å². The van der Waals surface area contributed by atoms with Crippen LogP contribution in [0.25, 0.3) is 0 Å². The summed E-state index contributed by atoms with van der Waals surface area (Å²) in [7, 11) is 0. The summed E-state index contributed by atoms with van der Waals surface area (Å²) in [6, 6.07) is 14.1. The minimum Gasteiger partial charge on any atom is -0.442 e. The van der Waals surface area contributed by atoms with Gasteiger partial charge >= 0.3 is 6.09 Å². The van der Waals surface area contributed by atoms with Gasteiger partial charge in [0, 0.05) is 6.20 Å². The standard InChI is InChI=1S/C23H22FN5O4/c24-20-10-17(28-14-19(33-23(28)31)12-27-9-8-25-26-27)6-7-21(20)29-13-18(11-22(29)30)32-15-16-4-2-1-3-5-16/h1-10,18-19H,11-15H2/t18?,19-/m0/s1. The van der Waals surface area contributed by atoms with E-state index < -0.39 is 18.0 Å². The molecule has 1 aromatic heterocycles. The van der Waals surface area contributed by atoms with E-state index in [1.54, 1.807) is 23.1 Å². The summed E-state index contributed by atoms with van der Waals surface area (Å²) < 4.78 is 27.8. The quantitative estimate of drug-likeness (QED) is 0.549. The molecule has 170 valence electrons. The number of hydrogen-bond acceptors (Lipinski definition) is 6. The van der Waals surface area contributed by atoms with E-state index in [2.05, 4.69) is 10.3 Å². The summed E-state index contributed by atoms with van der Waals surface area (Å²) in [5, 5.41) is 7.59. The molecule has 0 N–H and O–H groups in total. The molecule has 0 saturated carbocycles. The lowest BCUT2D eigenvalue weighted by Gasteiger charge is -2.20. The normalized spacial score (nSPS) is 20.5. The summed E-state index contributed by atoms with van der Waals surface area (Å²) >= 11 is 0. The summed E-state index contributed by atoms with van der Waals surface area (Å²) in [4.78, 5) is 27.6. The Morgan fingerprint density at radius 2 is 1.94 bits per heavy atom. The van der Waals surface area contributed by atoms with Crippen molar-refractivity contribution >= 4 is 23.4 Å². The monoisotopic (exact) mass is 451 g/mol. The van der Waals surface area contributed by atoms with E-state index in [0.29, 0.717) is 18.8 Å². The molecule has 1 unspecified atom stereocenters. The summed E-state index contributed by atoms with van der Waals surface area (Å²) in [6.07, 6.45) is 2.11. The van der Waals surface area contributed by atoms with Crippen LogP contribution in [0.15, 0.2) is 60.9 Å². The molecule has 2 aromatic carbocycles. The number of rotatable bonds is 7. The van der Waals surface area contributed by atoms with E-state index >= 15 is 4.39 Å². The van der Waals surface area contributed by atoms with E-state index in [9.17, 15) is 9.59 Å². The van der Waals surface area contributed by atoms with Crippen molar-refractivity contribution in [3.8, 4) is 0 Å². The van der Waals surface area contributed by atoms with Gasteiger partial charge in [0.2, 0.25) is 5.91 Å². The highest BCUT2D eigenvalue weighted by molar-refractivity contribution is 5.97. The van der Waals surface area contributed by atoms with Crippen molar-refractivity contribution < 1.29 is 23.5 Å². The third kappa shape index (κ3) is 4.56. The molecule has 2 amide bonds. The smallest absolute Gasteiger partial charge is 0.414 e. The Kier molecular flexibility index (Phi) is 5.74. The van der Waals surface area contributed by atoms with Crippen LogP contribution < -0.4 is 9.80 Å². The number of cyclic esters (lactones) is 1. The number of aromatic nitrogens is 3. The number of halogens is 1. The average Bonchev–Trinajstić information content (AvgIpc) is 3.54. The number of carbonyl (C=O) groups excluding carboxylic acids is 2. The second-order valence-electron chi connectivity index (χ2n) is 8.00. The van der Waals surface area contributed by atoms with Crippen LogP contribution in [0.3, 0.4) is 0 Å². The summed E-state index contributed by atoms with van der Waals surface area (Å²) in [5.41, 5.74) is 1.55. The maximum Gasteiger partial charge on any atom is 0.414 e. The van der Waals surface area contributed by atoms with Crippen LogP contribution >= 0.6 is 0 Å². The molecule has 2 atom stereocenters. The van der Waals surface area contributed by atoms with Gasteiger partial charge < -0.3 is 14.4 Å². The zero-order chi connectivity index (χ0) is 22.8. The maximum absolute atomic E-state index is 15.0. The first-order valence-electron chi connectivity index (χ1n) is 10.6. The van der Waals surface area contributed by atoms with Crippen LogP contribution in [0.1, 0.15) is 12.0 Å². The zero-order valence-electron chi connectivity index (χ0n) is 17.7. The third-order valence-electron chi connectivity index (χ3n) is 5.69. The summed E-state index contributed by atoms with van der Waals surface area (Å²) in [6.45, 7) is 1.28. The summed E-state index contributed by atoms with van der Waals surface area (Å²) in [5.74, 6) is -0.787. The number of amides is 2. The predicted octanol–water partition coefficient (Wildman–Crippen LogP) is 2.76. The first-order chi connectivity index (χ1) is 16.1. The van der Waals surface area contributed by atoms with Crippen molar-refractivity contribution in [2.75, 3.05) is 22.9 Å². The van der Waals surface area contributed by atoms with Gasteiger partial charge in [0.15, 0.2) is 0 Å². The highest BCUT2D eigenvalue weighted by atomic mass is 19.1. The number of hydrogen-bond donors (Lipinski definition) is 0. The molecular weight excluding hydrogens is 429 g/mol. The molecule has 10 heteroatoms. The second kappa shape index (κ2) is 8.99. The Morgan fingerprint density at radius 3 is 2.70 bits per heavy atom. The lowest BCUT2D eigenvalue weighted by molar-refractivity contribution is -0.118. The van der Waals surface area contributed by atoms with Gasteiger partial charge in [0.1, 0.15) is 11.9 Å². The largest absolute Gasteiger partial charge is 0.442 e. The molecule has 0 aliphatic carbocycles. The van der Waals surface area contributed by atoms with Crippen LogP contribution in [0.4, 0.5) is 20.6 Å². The van der Waals surface area contributed by atoms with Crippen LogP contribution in [-0.4, -0.2) is 52.3 Å². The molecule has 3 heterocycles. The molecule has 2 aliphatic rings. The molecule has 0 bridgehead atoms. The molecule has 0 spiro atoms. The van der Waals surface area contributed by atoms with Crippen LogP contribution in [0, 0.1) is 5.82 Å². The van der Waals surface area contributed by atoms with Crippen molar-refractivity contribution in [1.82, 2.24) is 15.0 Å². The fourth-order valence-corrected chi connectivity index (χ4v) is 4.06. The SMILES string of the molecule is O=C1O[C@@H](Cn2ccnn2)CN1c1ccc(N2CC(OCc3ccccc3)CC2=O)c(F)c1. The Labute approximate surface area is 189 Å². The molecule has 2 aliphatic heterocycles. The van der Waals surface area contributed by atoms with Crippen molar-refractivity contribution in [2.45, 2.75) is 31.8 Å². The average molecular weight is 451 g/mol. The predicted molar refractivity (Wildman–Crippen MR) is 116 cm³/mol. The van der Waals surface area contributed by atoms with E-state index in [4.69, 9.17) is 9.47 Å². The van der Waals surface area contributed by atoms with Gasteiger partial charge in [-0.05, 0) is 23.8 Å². The minimum atomic E-state index is -0.586. The van der Waals surface area contributed by atoms with E-state index in [0.717, 1.165) is 5.56 Å². The Morgan fingerprint density at radius 1 is 1.09 bits per heavy atom. The van der Waals surface area contributed by atoms with E-state index in [-0.39, 0.29) is 37.2 Å². The molecule has 2 saturated heterocycles. The molecule has 33 heavy (non-hydrogen) atoms. The van der Waals surface area contributed by atoms with Gasteiger partial charge in [-0.1, -0.05) is 35.5 Å². The number of anilines is 2. The minimum absolute atomic E-state index is 0.168. The molecule has 3 aromatic rings. The first-order valence-corrected chi connectivity index (χ1v) is 10.6. The molecule has 5 rings (SSSR count). The van der Waals surface area contributed by atoms with Gasteiger partial charge in [0.05, 0.1) is 56.3 Å². The lowest BCUT2D eigenvalue weighted by atomic mass is 10.2. The van der Waals surface area contributed by atoms with Crippen molar-refractivity contribution in [3.63, 3.8) is 0 Å². The zero-order valence-corrected chi connectivity index (χ0v) is 17.7. The van der Waals surface area contributed by atoms with Crippen molar-refractivity contribution in [1.29, 1.82) is 0 Å². The van der Waals surface area contributed by atoms with E-state index in [1.165, 1.54) is 21.9 Å². The molecule has 9 nitrogen and oxygen atoms in total. The number of carbonyl (C=O) groups is 2. The second-order valence-corrected chi connectivity index (χ2v) is 8.00. The van der Waals surface area contributed by atoms with Crippen molar-refractivity contribution in [3.05, 3.63) is 72.3 Å². The first kappa shape index (κ1) is 21.1. The maximum atomic E-state index is 15.0. The number of benzene rings is 2. The Hall–Kier alpha value is -3.79. The Balaban J connectivity index is 1.23. The van der Waals surface area contributed by atoms with Crippen LogP contribution in [0.2, 0.25) is 0 Å². The highest BCUT2D eigenvalue weighted by Gasteiger charge is 2.35. The lowest BCUT2D eigenvalue weighted by Crippen LogP contribution is -2.28. The fourth-order valence-electron chi connectivity index (χ4n) is 4.06. The molecule has 0 radical (unpaired) electrons. The number of ether oxygens (including phenoxy) is 2. The van der Waals surface area contributed by atoms with Crippen molar-refractivity contribution in [2.24, 2.45) is 0 Å². The van der Waals surface area contributed by atoms with Crippen LogP contribution in [0.5, 0.6) is 0 Å². The highest BCUT2D eigenvalue weighted by Crippen LogP contribution is 2.31. The Bertz CT molecular complexity index is 1140. The third-order valence-corrected chi connectivity index (χ3v) is 5.69. The molecular formula is C23H22FN5O4. The van der Waals surface area contributed by atoms with Gasteiger partial charge in [-0.3, -0.25) is 9.69 Å². The van der Waals surface area contributed by atoms with Gasteiger partial charge in [-0.2, -0.15) is 0 Å². The van der Waals surface area contributed by atoms with Gasteiger partial charge in [-0.25, -0.2) is 13.9 Å². The van der Waals surface area contributed by atoms with Crippen LogP contribution in [-0.2, 0) is 27.4 Å². The topological polar surface area (TPSA) is 89.8 Å². The van der Waals surface area contributed by atoms with Gasteiger partial charge in [0.25, 0.3) is 0 Å². The number of nitrogens with zero attached hydrogens (tertiary/aromatic N) is 5.